The highest BCUT2D eigenvalue weighted by atomic mass is 16.5. The van der Waals surface area contributed by atoms with Crippen molar-refractivity contribution < 1.29 is 9.53 Å². The first-order valence-corrected chi connectivity index (χ1v) is 9.45. The van der Waals surface area contributed by atoms with E-state index in [1.165, 1.54) is 11.3 Å². The number of carbonyl (C=O) groups is 1. The fourth-order valence-corrected chi connectivity index (χ4v) is 3.03. The van der Waals surface area contributed by atoms with E-state index in [0.717, 1.165) is 18.7 Å². The lowest BCUT2D eigenvalue weighted by molar-refractivity contribution is 0.104. The molecule has 0 radical (unpaired) electrons. The maximum Gasteiger partial charge on any atom is 0.185 e. The van der Waals surface area contributed by atoms with Gasteiger partial charge in [0.25, 0.3) is 0 Å². The molecule has 0 aliphatic carbocycles. The zero-order valence-electron chi connectivity index (χ0n) is 16.3. The van der Waals surface area contributed by atoms with Crippen molar-refractivity contribution >= 4 is 17.5 Å². The van der Waals surface area contributed by atoms with Gasteiger partial charge in [0.15, 0.2) is 5.78 Å². The van der Waals surface area contributed by atoms with E-state index >= 15 is 0 Å². The highest BCUT2D eigenvalue weighted by Crippen LogP contribution is 2.19. The number of ether oxygens (including phenoxy) is 1. The summed E-state index contributed by atoms with van der Waals surface area (Å²) in [5.74, 6) is 0.643. The van der Waals surface area contributed by atoms with Gasteiger partial charge in [-0.15, -0.1) is 0 Å². The summed E-state index contributed by atoms with van der Waals surface area (Å²) < 4.78 is 5.18. The molecule has 3 aromatic carbocycles. The molecule has 28 heavy (non-hydrogen) atoms. The second-order valence-corrected chi connectivity index (χ2v) is 6.52. The van der Waals surface area contributed by atoms with E-state index in [9.17, 15) is 4.79 Å². The number of methoxy groups -OCH3 is 1. The lowest BCUT2D eigenvalue weighted by Gasteiger charge is -2.23. The van der Waals surface area contributed by atoms with Gasteiger partial charge in [0.2, 0.25) is 0 Å². The predicted molar refractivity (Wildman–Crippen MR) is 116 cm³/mol. The van der Waals surface area contributed by atoms with Crippen LogP contribution in [0.3, 0.4) is 0 Å². The molecule has 3 aromatic rings. The summed E-state index contributed by atoms with van der Waals surface area (Å²) in [6.07, 6.45) is 3.45. The minimum Gasteiger partial charge on any atom is -0.497 e. The van der Waals surface area contributed by atoms with E-state index < -0.39 is 0 Å². The summed E-state index contributed by atoms with van der Waals surface area (Å²) in [4.78, 5) is 14.7. The Bertz CT molecular complexity index is 930. The molecule has 0 spiro atoms. The summed E-state index contributed by atoms with van der Waals surface area (Å²) in [5.41, 5.74) is 4.07. The molecule has 3 nitrogen and oxygen atoms in total. The molecule has 3 rings (SSSR count). The fraction of sp³-hybridized carbons (Fsp3) is 0.160. The Labute approximate surface area is 166 Å². The van der Waals surface area contributed by atoms with Crippen LogP contribution in [0.1, 0.15) is 28.4 Å². The normalized spacial score (nSPS) is 10.8. The van der Waals surface area contributed by atoms with Crippen LogP contribution in [0.15, 0.2) is 84.9 Å². The Balaban J connectivity index is 1.67. The highest BCUT2D eigenvalue weighted by Gasteiger charge is 2.06. The largest absolute Gasteiger partial charge is 0.497 e. The van der Waals surface area contributed by atoms with Crippen molar-refractivity contribution in [2.45, 2.75) is 13.5 Å². The molecule has 0 saturated carbocycles. The van der Waals surface area contributed by atoms with E-state index in [-0.39, 0.29) is 5.78 Å². The summed E-state index contributed by atoms with van der Waals surface area (Å²) in [5, 5.41) is 0. The van der Waals surface area contributed by atoms with Crippen LogP contribution < -0.4 is 9.64 Å². The number of hydrogen-bond acceptors (Lipinski definition) is 3. The van der Waals surface area contributed by atoms with Crippen molar-refractivity contribution in [1.82, 2.24) is 0 Å². The molecule has 0 atom stereocenters. The van der Waals surface area contributed by atoms with Crippen LogP contribution in [-0.2, 0) is 6.54 Å². The zero-order chi connectivity index (χ0) is 19.8. The first-order chi connectivity index (χ1) is 13.7. The summed E-state index contributed by atoms with van der Waals surface area (Å²) >= 11 is 0. The topological polar surface area (TPSA) is 29.5 Å². The smallest absolute Gasteiger partial charge is 0.185 e. The Hall–Kier alpha value is -3.33. The van der Waals surface area contributed by atoms with Gasteiger partial charge in [-0.25, -0.2) is 0 Å². The third-order valence-corrected chi connectivity index (χ3v) is 4.64. The van der Waals surface area contributed by atoms with Gasteiger partial charge in [0, 0.05) is 24.3 Å². The first-order valence-electron chi connectivity index (χ1n) is 9.45. The first kappa shape index (κ1) is 19.4. The molecule has 0 aliphatic heterocycles. The van der Waals surface area contributed by atoms with Crippen LogP contribution in [0.2, 0.25) is 0 Å². The lowest BCUT2D eigenvalue weighted by Crippen LogP contribution is -2.21. The second kappa shape index (κ2) is 9.56. The fourth-order valence-electron chi connectivity index (χ4n) is 3.03. The predicted octanol–water partition coefficient (Wildman–Crippen LogP) is 5.62. The SMILES string of the molecule is CCN(Cc1ccccc1)c1ccc(/C=C/C(=O)c2cccc(OC)c2)cc1. The van der Waals surface area contributed by atoms with Crippen molar-refractivity contribution in [1.29, 1.82) is 0 Å². The van der Waals surface area contributed by atoms with Crippen LogP contribution in [0.5, 0.6) is 5.75 Å². The minimum absolute atomic E-state index is 0.0396. The maximum absolute atomic E-state index is 12.4. The van der Waals surface area contributed by atoms with Gasteiger partial charge >= 0.3 is 0 Å². The molecule has 0 bridgehead atoms. The average molecular weight is 371 g/mol. The van der Waals surface area contributed by atoms with Crippen LogP contribution >= 0.6 is 0 Å². The van der Waals surface area contributed by atoms with Gasteiger partial charge in [-0.3, -0.25) is 4.79 Å². The molecular formula is C25H25NO2. The molecular weight excluding hydrogens is 346 g/mol. The van der Waals surface area contributed by atoms with Crippen LogP contribution in [0, 0.1) is 0 Å². The van der Waals surface area contributed by atoms with Crippen LogP contribution in [0.4, 0.5) is 5.69 Å². The number of carbonyl (C=O) groups excluding carboxylic acids is 1. The van der Waals surface area contributed by atoms with Gasteiger partial charge in [-0.05, 0) is 48.4 Å². The molecule has 0 aromatic heterocycles. The third kappa shape index (κ3) is 5.10. The van der Waals surface area contributed by atoms with Crippen molar-refractivity contribution in [2.75, 3.05) is 18.6 Å². The summed E-state index contributed by atoms with van der Waals surface area (Å²) in [6.45, 7) is 3.96. The average Bonchev–Trinajstić information content (AvgIpc) is 2.77. The van der Waals surface area contributed by atoms with Crippen molar-refractivity contribution in [3.05, 3.63) is 102 Å². The number of anilines is 1. The highest BCUT2D eigenvalue weighted by molar-refractivity contribution is 6.07. The molecule has 0 fully saturated rings. The molecule has 3 heteroatoms. The molecule has 0 aliphatic rings. The monoisotopic (exact) mass is 371 g/mol. The Kier molecular flexibility index (Phi) is 6.64. The van der Waals surface area contributed by atoms with E-state index in [2.05, 4.69) is 48.2 Å². The number of ketones is 1. The Morgan fingerprint density at radius 3 is 2.39 bits per heavy atom. The van der Waals surface area contributed by atoms with Gasteiger partial charge in [0.05, 0.1) is 7.11 Å². The van der Waals surface area contributed by atoms with E-state index in [4.69, 9.17) is 4.74 Å². The van der Waals surface area contributed by atoms with E-state index in [1.807, 2.05) is 36.4 Å². The minimum atomic E-state index is -0.0396. The number of rotatable bonds is 8. The molecule has 142 valence electrons. The quantitative estimate of drug-likeness (QED) is 0.380. The third-order valence-electron chi connectivity index (χ3n) is 4.64. The van der Waals surface area contributed by atoms with Crippen LogP contribution in [-0.4, -0.2) is 19.4 Å². The van der Waals surface area contributed by atoms with E-state index in [0.29, 0.717) is 11.3 Å². The molecule has 0 N–H and O–H groups in total. The molecule has 0 amide bonds. The molecule has 0 heterocycles. The van der Waals surface area contributed by atoms with Crippen molar-refractivity contribution in [3.8, 4) is 5.75 Å². The summed E-state index contributed by atoms with van der Waals surface area (Å²) in [6, 6.07) is 25.9. The number of benzene rings is 3. The lowest BCUT2D eigenvalue weighted by atomic mass is 10.1. The molecule has 0 unspecified atom stereocenters. The van der Waals surface area contributed by atoms with Crippen molar-refractivity contribution in [2.24, 2.45) is 0 Å². The van der Waals surface area contributed by atoms with Gasteiger partial charge in [-0.2, -0.15) is 0 Å². The second-order valence-electron chi connectivity index (χ2n) is 6.52. The van der Waals surface area contributed by atoms with Gasteiger partial charge < -0.3 is 9.64 Å². The number of allylic oxidation sites excluding steroid dienone is 1. The maximum atomic E-state index is 12.4. The standard InChI is InChI=1S/C25H25NO2/c1-3-26(19-21-8-5-4-6-9-21)23-15-12-20(13-16-23)14-17-25(27)22-10-7-11-24(18-22)28-2/h4-18H,3,19H2,1-2H3/b17-14+. The Morgan fingerprint density at radius 1 is 0.964 bits per heavy atom. The van der Waals surface area contributed by atoms with E-state index in [1.54, 1.807) is 25.3 Å². The number of nitrogens with zero attached hydrogens (tertiary/aromatic N) is 1. The summed E-state index contributed by atoms with van der Waals surface area (Å²) in [7, 11) is 1.60. The Morgan fingerprint density at radius 2 is 1.71 bits per heavy atom. The van der Waals surface area contributed by atoms with Gasteiger partial charge in [-0.1, -0.05) is 60.7 Å². The zero-order valence-corrected chi connectivity index (χ0v) is 16.3. The number of hydrogen-bond donors (Lipinski definition) is 0. The van der Waals surface area contributed by atoms with Crippen LogP contribution in [0.25, 0.3) is 6.08 Å². The molecule has 0 saturated heterocycles. The van der Waals surface area contributed by atoms with Crippen molar-refractivity contribution in [3.63, 3.8) is 0 Å². The van der Waals surface area contributed by atoms with Gasteiger partial charge in [0.1, 0.15) is 5.75 Å².